The normalized spacial score (nSPS) is 22.5. The summed E-state index contributed by atoms with van der Waals surface area (Å²) in [5.41, 5.74) is 11.1. The fourth-order valence-corrected chi connectivity index (χ4v) is 21.8. The molecule has 3 saturated carbocycles. The predicted octanol–water partition coefficient (Wildman–Crippen LogP) is 20.4. The second-order valence-electron chi connectivity index (χ2n) is 29.2. The lowest BCUT2D eigenvalue weighted by Gasteiger charge is -2.58. The van der Waals surface area contributed by atoms with E-state index in [1.54, 1.807) is 22.4 Å². The number of nitrogens with zero attached hydrogens (tertiary/aromatic N) is 2. The quantitative estimate of drug-likeness (QED) is 0.0242. The highest BCUT2D eigenvalue weighted by Crippen LogP contribution is 2.67. The van der Waals surface area contributed by atoms with E-state index in [1.807, 2.05) is 0 Å². The molecule has 484 valence electrons. The lowest BCUT2D eigenvalue weighted by atomic mass is 9.47. The Morgan fingerprint density at radius 1 is 0.600 bits per heavy atom. The zero-order chi connectivity index (χ0) is 62.8. The summed E-state index contributed by atoms with van der Waals surface area (Å²) in [6.45, 7) is 16.3. The molecule has 0 spiro atoms. The number of allylic oxidation sites excluding steroid dienone is 1. The molecule has 4 aliphatic carbocycles. The van der Waals surface area contributed by atoms with Gasteiger partial charge in [0, 0.05) is 18.7 Å². The van der Waals surface area contributed by atoms with Gasteiger partial charge in [-0.05, 0) is 181 Å². The van der Waals surface area contributed by atoms with Crippen LogP contribution in [0.25, 0.3) is 0 Å². The zero-order valence-electron chi connectivity index (χ0n) is 56.4. The predicted molar refractivity (Wildman–Crippen MR) is 381 cm³/mol. The highest BCUT2D eigenvalue weighted by Gasteiger charge is 2.59. The van der Waals surface area contributed by atoms with E-state index in [1.165, 1.54) is 169 Å². The smallest absolute Gasteiger partial charge is 0.349 e. The molecule has 8 atom stereocenters. The number of hydrogen-bond donors (Lipinski definition) is 1. The van der Waals surface area contributed by atoms with Crippen LogP contribution in [0.4, 0.5) is 5.82 Å². The van der Waals surface area contributed by atoms with Crippen LogP contribution in [0.1, 0.15) is 232 Å². The minimum atomic E-state index is -2.24. The lowest BCUT2D eigenvalue weighted by molar-refractivity contribution is -0.0559. The van der Waals surface area contributed by atoms with Crippen LogP contribution in [-0.4, -0.2) is 22.3 Å². The molecule has 2 N–H and O–H groups in total. The van der Waals surface area contributed by atoms with Crippen molar-refractivity contribution in [1.29, 1.82) is 0 Å². The van der Waals surface area contributed by atoms with Gasteiger partial charge in [0.1, 0.15) is 59.0 Å². The number of rotatable bonds is 35. The van der Waals surface area contributed by atoms with Gasteiger partial charge < -0.3 is 19.9 Å². The largest absolute Gasteiger partial charge is 0.493 e. The number of benzene rings is 5. The summed E-state index contributed by atoms with van der Waals surface area (Å²) >= 11 is 0. The van der Waals surface area contributed by atoms with Crippen molar-refractivity contribution in [2.75, 3.05) is 12.3 Å². The van der Waals surface area contributed by atoms with Gasteiger partial charge >= 0.3 is 5.69 Å². The Morgan fingerprint density at radius 2 is 1.18 bits per heavy atom. The van der Waals surface area contributed by atoms with Crippen LogP contribution in [0, 0.1) is 46.3 Å². The van der Waals surface area contributed by atoms with Crippen LogP contribution in [0.2, 0.25) is 0 Å². The Hall–Kier alpha value is -5.65. The third-order valence-electron chi connectivity index (χ3n) is 22.5. The van der Waals surface area contributed by atoms with E-state index in [9.17, 15) is 4.79 Å². The van der Waals surface area contributed by atoms with E-state index in [-0.39, 0.29) is 23.0 Å². The molecule has 0 saturated heterocycles. The summed E-state index contributed by atoms with van der Waals surface area (Å²) in [5, 5.41) is 4.02. The van der Waals surface area contributed by atoms with Crippen LogP contribution in [0.5, 0.6) is 17.2 Å². The fourth-order valence-electron chi connectivity index (χ4n) is 17.6. The molecule has 8 heteroatoms. The highest BCUT2D eigenvalue weighted by molar-refractivity contribution is 7.95. The Morgan fingerprint density at radius 3 is 1.78 bits per heavy atom. The second kappa shape index (κ2) is 32.8. The zero-order valence-corrected chi connectivity index (χ0v) is 57.3. The van der Waals surface area contributed by atoms with Crippen LogP contribution in [-0.2, 0) is 19.3 Å². The Kier molecular flexibility index (Phi) is 24.5. The molecule has 1 heterocycles. The van der Waals surface area contributed by atoms with Gasteiger partial charge in [-0.1, -0.05) is 229 Å². The third kappa shape index (κ3) is 17.1. The fraction of sp³-hybridized carbons (Fsp3) is 0.561. The SMILES string of the molecule is CCCCCCCCCCCCCCCCCCOc1cc(C[P+](c2ccccc2)(c2ccccc2)c2ccccc2)cc(OCc2cc(Cn3ccc(N)nc3=O)cc(OC3CC[C@@]4(C)C(=CC[C@H]5[C@@H]6CC[C@H]([C@H](C)CCCC(C)C)[C@@]6(C)CC[C@@H]54)C3)c2)c1. The van der Waals surface area contributed by atoms with E-state index >= 15 is 0 Å². The minimum absolute atomic E-state index is 0.0652. The van der Waals surface area contributed by atoms with Gasteiger partial charge in [-0.3, -0.25) is 4.57 Å². The first-order chi connectivity index (χ1) is 43.8. The van der Waals surface area contributed by atoms with Gasteiger partial charge in [-0.25, -0.2) is 4.79 Å². The Balaban J connectivity index is 0.852. The van der Waals surface area contributed by atoms with Gasteiger partial charge in [0.25, 0.3) is 0 Å². The van der Waals surface area contributed by atoms with Crippen molar-refractivity contribution in [2.45, 2.75) is 240 Å². The molecule has 6 aromatic rings. The van der Waals surface area contributed by atoms with Crippen LogP contribution in [0.3, 0.4) is 0 Å². The molecular weight excluding hydrogens is 1120 g/mol. The maximum absolute atomic E-state index is 13.3. The number of hydrogen-bond acceptors (Lipinski definition) is 6. The molecule has 1 aromatic heterocycles. The topological polar surface area (TPSA) is 88.6 Å². The molecule has 1 unspecified atom stereocenters. The summed E-state index contributed by atoms with van der Waals surface area (Å²) in [6.07, 6.45) is 40.8. The van der Waals surface area contributed by atoms with Gasteiger partial charge in [-0.2, -0.15) is 4.98 Å². The number of nitrogen functional groups attached to an aromatic ring is 1. The lowest BCUT2D eigenvalue weighted by Crippen LogP contribution is -2.51. The molecule has 0 radical (unpaired) electrons. The van der Waals surface area contributed by atoms with Gasteiger partial charge in [-0.15, -0.1) is 0 Å². The Labute approximate surface area is 544 Å². The van der Waals surface area contributed by atoms with Crippen molar-refractivity contribution in [2.24, 2.45) is 46.3 Å². The van der Waals surface area contributed by atoms with E-state index in [0.29, 0.717) is 25.2 Å². The maximum Gasteiger partial charge on any atom is 0.349 e. The van der Waals surface area contributed by atoms with E-state index in [2.05, 4.69) is 180 Å². The van der Waals surface area contributed by atoms with Gasteiger partial charge in [0.2, 0.25) is 0 Å². The van der Waals surface area contributed by atoms with Crippen molar-refractivity contribution in [1.82, 2.24) is 9.55 Å². The summed E-state index contributed by atoms with van der Waals surface area (Å²) in [4.78, 5) is 17.3. The number of unbranched alkanes of at least 4 members (excludes halogenated alkanes) is 15. The molecule has 5 aromatic carbocycles. The van der Waals surface area contributed by atoms with Crippen molar-refractivity contribution in [3.63, 3.8) is 0 Å². The summed E-state index contributed by atoms with van der Waals surface area (Å²) in [5.74, 6) is 7.52. The second-order valence-corrected chi connectivity index (χ2v) is 32.7. The Bertz CT molecular complexity index is 3140. The van der Waals surface area contributed by atoms with Crippen molar-refractivity contribution in [3.8, 4) is 17.2 Å². The highest BCUT2D eigenvalue weighted by atomic mass is 31.2. The average molecular weight is 1240 g/mol. The van der Waals surface area contributed by atoms with Crippen LogP contribution >= 0.6 is 7.26 Å². The molecule has 90 heavy (non-hydrogen) atoms. The van der Waals surface area contributed by atoms with E-state index < -0.39 is 7.26 Å². The standard InChI is InChI=1S/C82H112N3O4P/c1-7-8-9-10-11-12-13-14-15-16-17-18-19-20-21-31-51-87-69-55-66(61-90(72-35-25-22-26-36-72,73-37-27-23-28-38-73)74-39-29-24-30-40-74)56-70(58-69)88-60-65-52-64(59-85-50-47-79(83)84-80(85)86)53-71(54-65)89-68-45-48-81(5)67(57-68)41-42-75-77-44-43-76(63(4)34-32-33-62(2)3)82(77,6)49-46-78(75)81/h22-30,35-41,47,50,52-56,58,62-63,68,75-78H,7-21,31-34,42-46,48-49,51,57,59-61H2,1-6H3,(H-,83,84,86)/p+1/t63-,68?,75+,76-,77+,78+,81+,82-/m1/s1. The summed E-state index contributed by atoms with van der Waals surface area (Å²) in [6, 6.07) is 48.2. The maximum atomic E-state index is 13.3. The van der Waals surface area contributed by atoms with E-state index in [0.717, 1.165) is 95.7 Å². The van der Waals surface area contributed by atoms with E-state index in [4.69, 9.17) is 19.9 Å². The first-order valence-corrected chi connectivity index (χ1v) is 38.1. The summed E-state index contributed by atoms with van der Waals surface area (Å²) < 4.78 is 22.6. The molecule has 3 fully saturated rings. The minimum Gasteiger partial charge on any atom is -0.493 e. The monoisotopic (exact) mass is 1230 g/mol. The number of aromatic nitrogens is 2. The van der Waals surface area contributed by atoms with Crippen molar-refractivity contribution < 1.29 is 14.2 Å². The molecule has 0 bridgehead atoms. The molecular formula is C82H113N3O4P+. The molecule has 7 nitrogen and oxygen atoms in total. The first kappa shape index (κ1) is 67.2. The number of ether oxygens (including phenoxy) is 3. The van der Waals surface area contributed by atoms with Gasteiger partial charge in [0.05, 0.1) is 19.3 Å². The van der Waals surface area contributed by atoms with Gasteiger partial charge in [0.15, 0.2) is 0 Å². The summed E-state index contributed by atoms with van der Waals surface area (Å²) in [7, 11) is -2.24. The molecule has 0 aliphatic heterocycles. The van der Waals surface area contributed by atoms with Crippen LogP contribution < -0.4 is 41.5 Å². The van der Waals surface area contributed by atoms with Crippen LogP contribution in [0.15, 0.2) is 156 Å². The van der Waals surface area contributed by atoms with Crippen molar-refractivity contribution in [3.05, 3.63) is 178 Å². The number of anilines is 1. The number of nitrogens with two attached hydrogens (primary N) is 1. The first-order valence-electron chi connectivity index (χ1n) is 36.1. The molecule has 4 aliphatic rings. The average Bonchev–Trinajstić information content (AvgIpc) is 1.34. The third-order valence-corrected chi connectivity index (χ3v) is 26.8. The number of fused-ring (bicyclic) bond motifs is 5. The molecule has 10 rings (SSSR count). The van der Waals surface area contributed by atoms with Crippen molar-refractivity contribution >= 4 is 29.0 Å². The molecule has 0 amide bonds.